The van der Waals surface area contributed by atoms with E-state index in [4.69, 9.17) is 4.42 Å². The van der Waals surface area contributed by atoms with Gasteiger partial charge < -0.3 is 9.73 Å². The molecule has 0 bridgehead atoms. The Balaban J connectivity index is 1.89. The number of benzene rings is 1. The molecule has 4 nitrogen and oxygen atoms in total. The third kappa shape index (κ3) is 4.27. The van der Waals surface area contributed by atoms with Crippen molar-refractivity contribution in [3.63, 3.8) is 0 Å². The molecule has 0 aliphatic carbocycles. The van der Waals surface area contributed by atoms with Gasteiger partial charge in [0.15, 0.2) is 0 Å². The maximum Gasteiger partial charge on any atom is 0.416 e. The van der Waals surface area contributed by atoms with Crippen molar-refractivity contribution in [1.29, 1.82) is 0 Å². The average Bonchev–Trinajstić information content (AvgIpc) is 2.75. The topological polar surface area (TPSA) is 55.1 Å². The first-order valence-corrected chi connectivity index (χ1v) is 7.28. The van der Waals surface area contributed by atoms with Crippen LogP contribution in [0.2, 0.25) is 0 Å². The van der Waals surface area contributed by atoms with Crippen LogP contribution in [0.15, 0.2) is 33.9 Å². The van der Waals surface area contributed by atoms with Crippen LogP contribution in [-0.4, -0.2) is 16.6 Å². The number of anilines is 1. The third-order valence-corrected chi connectivity index (χ3v) is 3.66. The molecule has 0 saturated heterocycles. The Bertz CT molecular complexity index is 646. The number of nitrogens with zero attached hydrogens (tertiary/aromatic N) is 1. The SMILES string of the molecule is Cc1nc(SCC(=O)Nc2ccc(C(F)(F)F)cc2)oc1C. The smallest absolute Gasteiger partial charge is 0.416 e. The minimum atomic E-state index is -4.39. The molecule has 1 amide bonds. The molecule has 1 aromatic carbocycles. The first-order chi connectivity index (χ1) is 10.3. The van der Waals surface area contributed by atoms with E-state index in [-0.39, 0.29) is 11.7 Å². The zero-order chi connectivity index (χ0) is 16.3. The highest BCUT2D eigenvalue weighted by atomic mass is 32.2. The number of carbonyl (C=O) groups excluding carboxylic acids is 1. The Kier molecular flexibility index (Phi) is 4.80. The summed E-state index contributed by atoms with van der Waals surface area (Å²) in [6, 6.07) is 4.27. The molecule has 2 rings (SSSR count). The van der Waals surface area contributed by atoms with Crippen LogP contribution >= 0.6 is 11.8 Å². The number of thioether (sulfide) groups is 1. The second-order valence-corrected chi connectivity index (χ2v) is 5.46. The van der Waals surface area contributed by atoms with Crippen LogP contribution in [-0.2, 0) is 11.0 Å². The summed E-state index contributed by atoms with van der Waals surface area (Å²) < 4.78 is 42.6. The second kappa shape index (κ2) is 6.43. The van der Waals surface area contributed by atoms with Crippen molar-refractivity contribution in [3.05, 3.63) is 41.3 Å². The summed E-state index contributed by atoms with van der Waals surface area (Å²) in [5.41, 5.74) is 0.301. The summed E-state index contributed by atoms with van der Waals surface area (Å²) >= 11 is 1.12. The van der Waals surface area contributed by atoms with E-state index in [0.29, 0.717) is 16.7 Å². The quantitative estimate of drug-likeness (QED) is 0.860. The molecule has 22 heavy (non-hydrogen) atoms. The van der Waals surface area contributed by atoms with Crippen LogP contribution in [0, 0.1) is 13.8 Å². The van der Waals surface area contributed by atoms with Crippen LogP contribution in [0.5, 0.6) is 0 Å². The largest absolute Gasteiger partial charge is 0.437 e. The van der Waals surface area contributed by atoms with Crippen molar-refractivity contribution in [1.82, 2.24) is 4.98 Å². The molecular formula is C14H13F3N2O2S. The maximum atomic E-state index is 12.4. The fourth-order valence-electron chi connectivity index (χ4n) is 1.57. The molecule has 118 valence electrons. The molecule has 0 atom stereocenters. The van der Waals surface area contributed by atoms with Crippen molar-refractivity contribution in [2.45, 2.75) is 25.2 Å². The number of carbonyl (C=O) groups is 1. The molecule has 1 heterocycles. The highest BCUT2D eigenvalue weighted by Crippen LogP contribution is 2.29. The number of hydrogen-bond acceptors (Lipinski definition) is 4. The van der Waals surface area contributed by atoms with Crippen molar-refractivity contribution >= 4 is 23.4 Å². The van der Waals surface area contributed by atoms with E-state index in [1.54, 1.807) is 13.8 Å². The number of halogens is 3. The van der Waals surface area contributed by atoms with E-state index in [0.717, 1.165) is 29.6 Å². The first-order valence-electron chi connectivity index (χ1n) is 6.29. The van der Waals surface area contributed by atoms with Crippen LogP contribution in [0.25, 0.3) is 0 Å². The molecule has 2 aromatic rings. The zero-order valence-electron chi connectivity index (χ0n) is 11.8. The van der Waals surface area contributed by atoms with Gasteiger partial charge in [-0.3, -0.25) is 4.79 Å². The minimum Gasteiger partial charge on any atom is -0.437 e. The molecule has 0 unspecified atom stereocenters. The number of aromatic nitrogens is 1. The average molecular weight is 330 g/mol. The molecule has 1 aromatic heterocycles. The van der Waals surface area contributed by atoms with Crippen LogP contribution in [0.4, 0.5) is 18.9 Å². The van der Waals surface area contributed by atoms with Crippen molar-refractivity contribution in [3.8, 4) is 0 Å². The maximum absolute atomic E-state index is 12.4. The Morgan fingerprint density at radius 2 is 1.91 bits per heavy atom. The van der Waals surface area contributed by atoms with E-state index in [9.17, 15) is 18.0 Å². The van der Waals surface area contributed by atoms with Gasteiger partial charge in [-0.25, -0.2) is 4.98 Å². The van der Waals surface area contributed by atoms with Crippen LogP contribution in [0.1, 0.15) is 17.0 Å². The lowest BCUT2D eigenvalue weighted by atomic mass is 10.2. The molecule has 8 heteroatoms. The normalized spacial score (nSPS) is 11.5. The lowest BCUT2D eigenvalue weighted by Crippen LogP contribution is -2.14. The van der Waals surface area contributed by atoms with Gasteiger partial charge in [0, 0.05) is 5.69 Å². The molecule has 0 fully saturated rings. The van der Waals surface area contributed by atoms with Gasteiger partial charge in [-0.2, -0.15) is 13.2 Å². The Labute approximate surface area is 129 Å². The van der Waals surface area contributed by atoms with E-state index in [1.807, 2.05) is 0 Å². The van der Waals surface area contributed by atoms with Crippen molar-refractivity contribution in [2.24, 2.45) is 0 Å². The fraction of sp³-hybridized carbons (Fsp3) is 0.286. The van der Waals surface area contributed by atoms with Crippen LogP contribution in [0.3, 0.4) is 0 Å². The molecular weight excluding hydrogens is 317 g/mol. The highest BCUT2D eigenvalue weighted by molar-refractivity contribution is 7.99. The first kappa shape index (κ1) is 16.4. The van der Waals surface area contributed by atoms with E-state index in [2.05, 4.69) is 10.3 Å². The van der Waals surface area contributed by atoms with Gasteiger partial charge in [-0.05, 0) is 38.1 Å². The van der Waals surface area contributed by atoms with E-state index >= 15 is 0 Å². The standard InChI is InChI=1S/C14H13F3N2O2S/c1-8-9(2)21-13(18-8)22-7-12(20)19-11-5-3-10(4-6-11)14(15,16)17/h3-6H,7H2,1-2H3,(H,19,20). The van der Waals surface area contributed by atoms with Gasteiger partial charge in [0.1, 0.15) is 5.76 Å². The monoisotopic (exact) mass is 330 g/mol. The Morgan fingerprint density at radius 3 is 2.41 bits per heavy atom. The van der Waals surface area contributed by atoms with Gasteiger partial charge in [0.05, 0.1) is 17.0 Å². The minimum absolute atomic E-state index is 0.0560. The molecule has 1 N–H and O–H groups in total. The summed E-state index contributed by atoms with van der Waals surface area (Å²) in [7, 11) is 0. The number of alkyl halides is 3. The predicted molar refractivity (Wildman–Crippen MR) is 76.8 cm³/mol. The summed E-state index contributed by atoms with van der Waals surface area (Å²) in [4.78, 5) is 15.9. The van der Waals surface area contributed by atoms with Crippen molar-refractivity contribution < 1.29 is 22.4 Å². The van der Waals surface area contributed by atoms with Gasteiger partial charge in [0.25, 0.3) is 5.22 Å². The third-order valence-electron chi connectivity index (χ3n) is 2.83. The molecule has 0 aliphatic rings. The zero-order valence-corrected chi connectivity index (χ0v) is 12.6. The molecule has 0 aliphatic heterocycles. The number of oxazole rings is 1. The van der Waals surface area contributed by atoms with Crippen LogP contribution < -0.4 is 5.32 Å². The van der Waals surface area contributed by atoms with E-state index in [1.165, 1.54) is 12.1 Å². The summed E-state index contributed by atoms with van der Waals surface area (Å²) in [5, 5.41) is 2.90. The lowest BCUT2D eigenvalue weighted by Gasteiger charge is -2.08. The Morgan fingerprint density at radius 1 is 1.27 bits per heavy atom. The number of amides is 1. The van der Waals surface area contributed by atoms with Gasteiger partial charge in [-0.1, -0.05) is 11.8 Å². The Hall–Kier alpha value is -1.96. The van der Waals surface area contributed by atoms with Gasteiger partial charge in [0.2, 0.25) is 5.91 Å². The second-order valence-electron chi connectivity index (χ2n) is 4.53. The fourth-order valence-corrected chi connectivity index (χ4v) is 2.28. The number of aryl methyl sites for hydroxylation is 2. The summed E-state index contributed by atoms with van der Waals surface area (Å²) in [6.07, 6.45) is -4.39. The highest BCUT2D eigenvalue weighted by Gasteiger charge is 2.29. The predicted octanol–water partition coefficient (Wildman–Crippen LogP) is 4.04. The molecule has 0 saturated carbocycles. The summed E-state index contributed by atoms with van der Waals surface area (Å²) in [6.45, 7) is 3.57. The molecule has 0 radical (unpaired) electrons. The number of nitrogens with one attached hydrogen (secondary N) is 1. The van der Waals surface area contributed by atoms with Crippen molar-refractivity contribution in [2.75, 3.05) is 11.1 Å². The van der Waals surface area contributed by atoms with Gasteiger partial charge in [-0.15, -0.1) is 0 Å². The van der Waals surface area contributed by atoms with E-state index < -0.39 is 11.7 Å². The molecule has 0 spiro atoms. The number of hydrogen-bond donors (Lipinski definition) is 1. The lowest BCUT2D eigenvalue weighted by molar-refractivity contribution is -0.137. The summed E-state index contributed by atoms with van der Waals surface area (Å²) in [5.74, 6) is 0.393. The van der Waals surface area contributed by atoms with Gasteiger partial charge >= 0.3 is 6.18 Å². The number of rotatable bonds is 4.